The van der Waals surface area contributed by atoms with Gasteiger partial charge in [-0.1, -0.05) is 36.4 Å². The summed E-state index contributed by atoms with van der Waals surface area (Å²) in [4.78, 5) is 19.5. The van der Waals surface area contributed by atoms with Gasteiger partial charge in [0.25, 0.3) is 0 Å². The van der Waals surface area contributed by atoms with E-state index >= 15 is 0 Å². The maximum Gasteiger partial charge on any atom is 0.313 e. The maximum atomic E-state index is 12.3. The number of esters is 1. The Morgan fingerprint density at radius 2 is 1.94 bits per heavy atom. The minimum Gasteiger partial charge on any atom is -0.488 e. The number of fused-ring (bicyclic) bond motifs is 2. The van der Waals surface area contributed by atoms with Crippen LogP contribution in [0.4, 0.5) is 5.82 Å². The summed E-state index contributed by atoms with van der Waals surface area (Å²) in [6.45, 7) is 6.19. The van der Waals surface area contributed by atoms with E-state index in [4.69, 9.17) is 14.5 Å². The van der Waals surface area contributed by atoms with Crippen LogP contribution >= 0.6 is 0 Å². The van der Waals surface area contributed by atoms with E-state index in [1.54, 1.807) is 0 Å². The summed E-state index contributed by atoms with van der Waals surface area (Å²) in [5.41, 5.74) is 6.67. The second-order valence-electron chi connectivity index (χ2n) is 10.4. The van der Waals surface area contributed by atoms with Crippen LogP contribution in [-0.2, 0) is 29.0 Å². The van der Waals surface area contributed by atoms with Crippen molar-refractivity contribution in [3.8, 4) is 17.0 Å². The SMILES string of the molecule is COC(=O)[C@]12C[C@H]1CN(c1cccc(-c3cccc(C)c3OCc3ccc4c(c3)CCNCC4)n1)C2. The molecule has 6 rings (SSSR count). The Hall–Kier alpha value is -3.38. The minimum atomic E-state index is -0.339. The summed E-state index contributed by atoms with van der Waals surface area (Å²) in [5.74, 6) is 2.04. The second-order valence-corrected chi connectivity index (χ2v) is 10.4. The van der Waals surface area contributed by atoms with Crippen molar-refractivity contribution in [1.29, 1.82) is 0 Å². The molecule has 186 valence electrons. The standard InChI is InChI=1S/C30H33N3O3/c1-20-5-3-6-25(28(20)36-18-21-9-10-22-11-13-31-14-12-23(22)15-21)26-7-4-8-27(32-26)33-17-24-16-30(24,19-33)29(34)35-2/h3-10,15,24,31H,11-14,16-19H2,1-2H3/t24-,30-/m0/s1. The lowest BCUT2D eigenvalue weighted by atomic mass is 10.0. The second kappa shape index (κ2) is 9.25. The summed E-state index contributed by atoms with van der Waals surface area (Å²) in [6.07, 6.45) is 3.06. The number of methoxy groups -OCH3 is 1. The third-order valence-electron chi connectivity index (χ3n) is 8.08. The fraction of sp³-hybridized carbons (Fsp3) is 0.400. The van der Waals surface area contributed by atoms with Crippen LogP contribution in [0.2, 0.25) is 0 Å². The number of carbonyl (C=O) groups excluding carboxylic acids is 1. The highest BCUT2D eigenvalue weighted by molar-refractivity contribution is 5.83. The lowest BCUT2D eigenvalue weighted by Crippen LogP contribution is -2.29. The van der Waals surface area contributed by atoms with Gasteiger partial charge in [0.2, 0.25) is 0 Å². The molecule has 0 radical (unpaired) electrons. The number of hydrogen-bond acceptors (Lipinski definition) is 6. The first-order chi connectivity index (χ1) is 17.6. The number of pyridine rings is 1. The number of carbonyl (C=O) groups is 1. The van der Waals surface area contributed by atoms with Crippen LogP contribution in [0.3, 0.4) is 0 Å². The van der Waals surface area contributed by atoms with Crippen molar-refractivity contribution < 1.29 is 14.3 Å². The number of aryl methyl sites for hydroxylation is 1. The van der Waals surface area contributed by atoms with E-state index in [0.29, 0.717) is 19.1 Å². The average Bonchev–Trinajstić information content (AvgIpc) is 3.56. The number of aromatic nitrogens is 1. The van der Waals surface area contributed by atoms with Gasteiger partial charge in [-0.3, -0.25) is 4.79 Å². The van der Waals surface area contributed by atoms with Crippen LogP contribution in [0, 0.1) is 18.3 Å². The monoisotopic (exact) mass is 483 g/mol. The average molecular weight is 484 g/mol. The number of para-hydroxylation sites is 1. The Morgan fingerprint density at radius 3 is 2.81 bits per heavy atom. The lowest BCUT2D eigenvalue weighted by molar-refractivity contribution is -0.146. The molecule has 3 aliphatic rings. The number of anilines is 1. The summed E-state index contributed by atoms with van der Waals surface area (Å²) >= 11 is 0. The van der Waals surface area contributed by atoms with Crippen molar-refractivity contribution >= 4 is 11.8 Å². The third kappa shape index (κ3) is 4.13. The molecule has 0 spiro atoms. The minimum absolute atomic E-state index is 0.0883. The normalized spacial score (nSPS) is 22.4. The number of hydrogen-bond donors (Lipinski definition) is 1. The van der Waals surface area contributed by atoms with E-state index in [-0.39, 0.29) is 11.4 Å². The number of rotatable bonds is 6. The van der Waals surface area contributed by atoms with Crippen LogP contribution in [0.5, 0.6) is 5.75 Å². The number of nitrogens with one attached hydrogen (secondary N) is 1. The number of nitrogens with zero attached hydrogens (tertiary/aromatic N) is 2. The first kappa shape index (κ1) is 23.0. The summed E-state index contributed by atoms with van der Waals surface area (Å²) in [5, 5.41) is 3.48. The molecule has 6 nitrogen and oxygen atoms in total. The molecule has 0 bridgehead atoms. The van der Waals surface area contributed by atoms with E-state index < -0.39 is 0 Å². The highest BCUT2D eigenvalue weighted by atomic mass is 16.5. The van der Waals surface area contributed by atoms with Crippen LogP contribution in [0.25, 0.3) is 11.3 Å². The van der Waals surface area contributed by atoms with Crippen molar-refractivity contribution in [2.24, 2.45) is 11.3 Å². The Balaban J connectivity index is 1.23. The smallest absolute Gasteiger partial charge is 0.313 e. The first-order valence-electron chi connectivity index (χ1n) is 12.9. The van der Waals surface area contributed by atoms with Crippen molar-refractivity contribution in [3.63, 3.8) is 0 Å². The molecule has 2 atom stereocenters. The zero-order chi connectivity index (χ0) is 24.7. The highest BCUT2D eigenvalue weighted by Crippen LogP contribution is 2.59. The van der Waals surface area contributed by atoms with E-state index in [9.17, 15) is 4.79 Å². The Morgan fingerprint density at radius 1 is 1.11 bits per heavy atom. The molecule has 2 fully saturated rings. The van der Waals surface area contributed by atoms with Crippen molar-refractivity contribution in [2.45, 2.75) is 32.8 Å². The van der Waals surface area contributed by atoms with Gasteiger partial charge >= 0.3 is 5.97 Å². The number of piperidine rings is 1. The topological polar surface area (TPSA) is 63.7 Å². The van der Waals surface area contributed by atoms with Crippen molar-refractivity contribution in [2.75, 3.05) is 38.2 Å². The summed E-state index contributed by atoms with van der Waals surface area (Å²) < 4.78 is 11.5. The molecule has 0 unspecified atom stereocenters. The van der Waals surface area contributed by atoms with Gasteiger partial charge in [0.1, 0.15) is 18.2 Å². The van der Waals surface area contributed by atoms with Gasteiger partial charge in [0.05, 0.1) is 18.2 Å². The molecular weight excluding hydrogens is 450 g/mol. The van der Waals surface area contributed by atoms with Crippen molar-refractivity contribution in [3.05, 3.63) is 76.9 Å². The fourth-order valence-corrected chi connectivity index (χ4v) is 5.94. The molecule has 36 heavy (non-hydrogen) atoms. The maximum absolute atomic E-state index is 12.3. The van der Waals surface area contributed by atoms with E-state index in [0.717, 1.165) is 67.3 Å². The van der Waals surface area contributed by atoms with E-state index in [1.165, 1.54) is 23.8 Å². The molecule has 2 aromatic carbocycles. The zero-order valence-corrected chi connectivity index (χ0v) is 21.0. The quantitative estimate of drug-likeness (QED) is 0.527. The molecule has 1 aliphatic carbocycles. The molecule has 1 saturated heterocycles. The lowest BCUT2D eigenvalue weighted by Gasteiger charge is -2.22. The van der Waals surface area contributed by atoms with Crippen LogP contribution in [0.1, 0.15) is 28.7 Å². The van der Waals surface area contributed by atoms with Gasteiger partial charge in [0, 0.05) is 18.7 Å². The molecule has 6 heteroatoms. The van der Waals surface area contributed by atoms with E-state index in [2.05, 4.69) is 53.5 Å². The highest BCUT2D eigenvalue weighted by Gasteiger charge is 2.66. The Bertz CT molecular complexity index is 1310. The molecule has 3 heterocycles. The number of ether oxygens (including phenoxy) is 2. The molecule has 1 aromatic heterocycles. The van der Waals surface area contributed by atoms with Gasteiger partial charge in [0.15, 0.2) is 0 Å². The van der Waals surface area contributed by atoms with Gasteiger partial charge in [-0.2, -0.15) is 0 Å². The largest absolute Gasteiger partial charge is 0.488 e. The zero-order valence-electron chi connectivity index (χ0n) is 21.0. The predicted octanol–water partition coefficient (Wildman–Crippen LogP) is 4.32. The van der Waals surface area contributed by atoms with Gasteiger partial charge < -0.3 is 19.7 Å². The van der Waals surface area contributed by atoms with E-state index in [1.807, 2.05) is 18.2 Å². The van der Waals surface area contributed by atoms with Crippen molar-refractivity contribution in [1.82, 2.24) is 10.3 Å². The van der Waals surface area contributed by atoms with Gasteiger partial charge in [-0.05, 0) is 85.6 Å². The number of benzene rings is 2. The predicted molar refractivity (Wildman–Crippen MR) is 140 cm³/mol. The molecule has 1 N–H and O–H groups in total. The molecule has 0 amide bonds. The van der Waals surface area contributed by atoms with Gasteiger partial charge in [-0.15, -0.1) is 0 Å². The summed E-state index contributed by atoms with van der Waals surface area (Å²) in [7, 11) is 1.48. The Labute approximate surface area is 212 Å². The van der Waals surface area contributed by atoms with Crippen LogP contribution < -0.4 is 15.0 Å². The van der Waals surface area contributed by atoms with Gasteiger partial charge in [-0.25, -0.2) is 4.98 Å². The molecular formula is C30H33N3O3. The summed E-state index contributed by atoms with van der Waals surface area (Å²) in [6, 6.07) is 19.1. The van der Waals surface area contributed by atoms with Crippen LogP contribution in [0.15, 0.2) is 54.6 Å². The molecule has 3 aromatic rings. The third-order valence-corrected chi connectivity index (χ3v) is 8.08. The molecule has 2 aliphatic heterocycles. The Kier molecular flexibility index (Phi) is 5.92. The molecule has 1 saturated carbocycles. The fourth-order valence-electron chi connectivity index (χ4n) is 5.94. The first-order valence-corrected chi connectivity index (χ1v) is 12.9. The van der Waals surface area contributed by atoms with Crippen LogP contribution in [-0.4, -0.2) is 44.2 Å².